The Kier molecular flexibility index (Phi) is 4.69. The zero-order valence-electron chi connectivity index (χ0n) is 13.4. The second kappa shape index (κ2) is 6.75. The number of amides is 1. The van der Waals surface area contributed by atoms with Crippen LogP contribution in [0.3, 0.4) is 0 Å². The lowest BCUT2D eigenvalue weighted by Crippen LogP contribution is -2.25. The molecule has 0 aliphatic carbocycles. The first-order valence-electron chi connectivity index (χ1n) is 7.50. The third-order valence-electron chi connectivity index (χ3n) is 3.85. The summed E-state index contributed by atoms with van der Waals surface area (Å²) >= 11 is 7.55. The molecular formula is C17H17ClN4OS. The van der Waals surface area contributed by atoms with Crippen LogP contribution in [-0.4, -0.2) is 22.4 Å². The number of anilines is 1. The van der Waals surface area contributed by atoms with Crippen molar-refractivity contribution in [3.8, 4) is 0 Å². The molecule has 124 valence electrons. The molecule has 0 fully saturated rings. The van der Waals surface area contributed by atoms with Gasteiger partial charge < -0.3 is 11.1 Å². The number of aryl methyl sites for hydroxylation is 2. The van der Waals surface area contributed by atoms with Crippen molar-refractivity contribution in [3.63, 3.8) is 0 Å². The monoisotopic (exact) mass is 360 g/mol. The normalized spacial score (nSPS) is 11.0. The van der Waals surface area contributed by atoms with Crippen molar-refractivity contribution in [1.29, 1.82) is 0 Å². The molecule has 24 heavy (non-hydrogen) atoms. The van der Waals surface area contributed by atoms with Crippen molar-refractivity contribution in [2.75, 3.05) is 12.3 Å². The maximum absolute atomic E-state index is 12.4. The summed E-state index contributed by atoms with van der Waals surface area (Å²) in [6.07, 6.45) is 4.23. The van der Waals surface area contributed by atoms with Crippen molar-refractivity contribution in [2.45, 2.75) is 20.3 Å². The molecule has 7 heteroatoms. The molecule has 0 aliphatic heterocycles. The van der Waals surface area contributed by atoms with Crippen LogP contribution >= 0.6 is 22.9 Å². The number of carbonyl (C=O) groups is 1. The van der Waals surface area contributed by atoms with Crippen molar-refractivity contribution in [3.05, 3.63) is 51.2 Å². The fourth-order valence-electron chi connectivity index (χ4n) is 2.57. The van der Waals surface area contributed by atoms with E-state index in [1.807, 2.05) is 26.0 Å². The quantitative estimate of drug-likeness (QED) is 0.746. The van der Waals surface area contributed by atoms with E-state index in [4.69, 9.17) is 17.3 Å². The van der Waals surface area contributed by atoms with Gasteiger partial charge >= 0.3 is 0 Å². The molecular weight excluding hydrogens is 344 g/mol. The Morgan fingerprint density at radius 1 is 1.42 bits per heavy atom. The fourth-order valence-corrected chi connectivity index (χ4v) is 3.83. The first-order valence-corrected chi connectivity index (χ1v) is 8.70. The molecule has 3 aromatic rings. The van der Waals surface area contributed by atoms with Crippen molar-refractivity contribution in [2.24, 2.45) is 0 Å². The van der Waals surface area contributed by atoms with E-state index in [1.54, 1.807) is 12.4 Å². The van der Waals surface area contributed by atoms with E-state index in [0.29, 0.717) is 28.6 Å². The maximum Gasteiger partial charge on any atom is 0.263 e. The molecule has 0 saturated carbocycles. The summed E-state index contributed by atoms with van der Waals surface area (Å²) in [5.74, 6) is -0.187. The first kappa shape index (κ1) is 16.7. The third kappa shape index (κ3) is 3.07. The summed E-state index contributed by atoms with van der Waals surface area (Å²) in [6.45, 7) is 4.26. The van der Waals surface area contributed by atoms with Crippen LogP contribution < -0.4 is 11.1 Å². The number of nitrogen functional groups attached to an aromatic ring is 1. The van der Waals surface area contributed by atoms with Crippen LogP contribution in [0.2, 0.25) is 5.02 Å². The predicted octanol–water partition coefficient (Wildman–Crippen LogP) is 3.52. The highest BCUT2D eigenvalue weighted by Crippen LogP contribution is 2.38. The molecule has 0 aliphatic rings. The van der Waals surface area contributed by atoms with Gasteiger partial charge in [-0.2, -0.15) is 0 Å². The zero-order chi connectivity index (χ0) is 17.3. The summed E-state index contributed by atoms with van der Waals surface area (Å²) in [6, 6.07) is 3.85. The lowest BCUT2D eigenvalue weighted by atomic mass is 10.1. The number of nitrogens with one attached hydrogen (secondary N) is 1. The average molecular weight is 361 g/mol. The number of nitrogens with zero attached hydrogens (tertiary/aromatic N) is 2. The second-order valence-corrected chi connectivity index (χ2v) is 6.91. The number of nitrogens with two attached hydrogens (primary N) is 1. The lowest BCUT2D eigenvalue weighted by Gasteiger charge is -2.05. The Hall–Kier alpha value is -2.18. The van der Waals surface area contributed by atoms with Gasteiger partial charge in [0.25, 0.3) is 5.91 Å². The molecule has 0 bridgehead atoms. The number of fused-ring (bicyclic) bond motifs is 1. The van der Waals surface area contributed by atoms with E-state index in [9.17, 15) is 4.79 Å². The van der Waals surface area contributed by atoms with Crippen molar-refractivity contribution < 1.29 is 4.79 Å². The lowest BCUT2D eigenvalue weighted by molar-refractivity contribution is 0.0959. The van der Waals surface area contributed by atoms with Crippen LogP contribution in [0.15, 0.2) is 24.5 Å². The Bertz CT molecular complexity index is 908. The fraction of sp³-hybridized carbons (Fsp3) is 0.235. The summed E-state index contributed by atoms with van der Waals surface area (Å²) < 4.78 is 0. The van der Waals surface area contributed by atoms with Gasteiger partial charge in [0.2, 0.25) is 0 Å². The van der Waals surface area contributed by atoms with E-state index in [1.165, 1.54) is 11.3 Å². The molecule has 3 heterocycles. The number of pyridine rings is 2. The molecule has 0 aromatic carbocycles. The number of hydrogen-bond donors (Lipinski definition) is 2. The number of aromatic nitrogens is 2. The van der Waals surface area contributed by atoms with Gasteiger partial charge in [0.1, 0.15) is 9.71 Å². The average Bonchev–Trinajstić information content (AvgIpc) is 2.90. The smallest absolute Gasteiger partial charge is 0.263 e. The van der Waals surface area contributed by atoms with Crippen LogP contribution in [-0.2, 0) is 6.42 Å². The standard InChI is InChI=1S/C17H17ClN4OS/c1-9-12-14(19)15(24-17(12)22-10(2)13(9)18)16(23)21-7-5-11-4-3-6-20-8-11/h3-4,6,8H,5,7,19H2,1-2H3,(H,21,23). The van der Waals surface area contributed by atoms with Crippen molar-refractivity contribution in [1.82, 2.24) is 15.3 Å². The largest absolute Gasteiger partial charge is 0.397 e. The Morgan fingerprint density at radius 2 is 2.21 bits per heavy atom. The zero-order valence-corrected chi connectivity index (χ0v) is 15.0. The van der Waals surface area contributed by atoms with Gasteiger partial charge in [0.05, 0.1) is 16.4 Å². The van der Waals surface area contributed by atoms with Crippen LogP contribution in [0.4, 0.5) is 5.69 Å². The van der Waals surface area contributed by atoms with Gasteiger partial charge in [0.15, 0.2) is 0 Å². The topological polar surface area (TPSA) is 80.9 Å². The predicted molar refractivity (Wildman–Crippen MR) is 98.8 cm³/mol. The van der Waals surface area contributed by atoms with Gasteiger partial charge in [-0.3, -0.25) is 9.78 Å². The van der Waals surface area contributed by atoms with Gasteiger partial charge in [-0.05, 0) is 37.5 Å². The molecule has 3 N–H and O–H groups in total. The molecule has 0 atom stereocenters. The summed E-state index contributed by atoms with van der Waals surface area (Å²) in [5, 5.41) is 4.27. The first-order chi connectivity index (χ1) is 11.5. The maximum atomic E-state index is 12.4. The highest BCUT2D eigenvalue weighted by Gasteiger charge is 2.20. The molecule has 0 saturated heterocycles. The number of halogens is 1. The molecule has 3 rings (SSSR count). The molecule has 0 radical (unpaired) electrons. The van der Waals surface area contributed by atoms with Crippen LogP contribution in [0.25, 0.3) is 10.2 Å². The molecule has 5 nitrogen and oxygen atoms in total. The van der Waals surface area contributed by atoms with E-state index in [-0.39, 0.29) is 5.91 Å². The molecule has 3 aromatic heterocycles. The van der Waals surface area contributed by atoms with Crippen molar-refractivity contribution >= 4 is 44.7 Å². The van der Waals surface area contributed by atoms with E-state index >= 15 is 0 Å². The van der Waals surface area contributed by atoms with E-state index in [2.05, 4.69) is 15.3 Å². The highest BCUT2D eigenvalue weighted by molar-refractivity contribution is 7.21. The molecule has 0 spiro atoms. The summed E-state index contributed by atoms with van der Waals surface area (Å²) in [5.41, 5.74) is 9.31. The Labute approximate surface area is 148 Å². The number of thiophene rings is 1. The van der Waals surface area contributed by atoms with Gasteiger partial charge in [-0.1, -0.05) is 17.7 Å². The van der Waals surface area contributed by atoms with Gasteiger partial charge in [-0.15, -0.1) is 11.3 Å². The summed E-state index contributed by atoms with van der Waals surface area (Å²) in [7, 11) is 0. The van der Waals surface area contributed by atoms with Crippen LogP contribution in [0, 0.1) is 13.8 Å². The molecule has 0 unspecified atom stereocenters. The Balaban J connectivity index is 1.80. The SMILES string of the molecule is Cc1nc2sc(C(=O)NCCc3cccnc3)c(N)c2c(C)c1Cl. The van der Waals surface area contributed by atoms with E-state index < -0.39 is 0 Å². The molecule has 1 amide bonds. The van der Waals surface area contributed by atoms with E-state index in [0.717, 1.165) is 27.0 Å². The minimum Gasteiger partial charge on any atom is -0.397 e. The second-order valence-electron chi connectivity index (χ2n) is 5.53. The van der Waals surface area contributed by atoms with Gasteiger partial charge in [-0.25, -0.2) is 4.98 Å². The number of carbonyl (C=O) groups excluding carboxylic acids is 1. The number of hydrogen-bond acceptors (Lipinski definition) is 5. The van der Waals surface area contributed by atoms with Gasteiger partial charge in [0, 0.05) is 24.3 Å². The van der Waals surface area contributed by atoms with Crippen LogP contribution in [0.1, 0.15) is 26.5 Å². The minimum absolute atomic E-state index is 0.187. The highest BCUT2D eigenvalue weighted by atomic mass is 35.5. The number of rotatable bonds is 4. The Morgan fingerprint density at radius 3 is 2.92 bits per heavy atom. The van der Waals surface area contributed by atoms with Crippen LogP contribution in [0.5, 0.6) is 0 Å². The summed E-state index contributed by atoms with van der Waals surface area (Å²) in [4.78, 5) is 22.2. The minimum atomic E-state index is -0.187. The third-order valence-corrected chi connectivity index (χ3v) is 5.50.